The number of aromatic amines is 1. The van der Waals surface area contributed by atoms with Crippen molar-refractivity contribution in [1.82, 2.24) is 15.2 Å². The largest absolute Gasteiger partial charge is 0.284 e. The molecule has 2 N–H and O–H groups in total. The molecule has 0 saturated heterocycles. The van der Waals surface area contributed by atoms with Crippen molar-refractivity contribution in [2.45, 2.75) is 19.8 Å². The number of anilines is 1. The van der Waals surface area contributed by atoms with Gasteiger partial charge in [-0.25, -0.2) is 13.4 Å². The van der Waals surface area contributed by atoms with Gasteiger partial charge in [0.2, 0.25) is 10.0 Å². The summed E-state index contributed by atoms with van der Waals surface area (Å²) in [4.78, 5) is 4.51. The van der Waals surface area contributed by atoms with Crippen LogP contribution < -0.4 is 4.72 Å². The SMILES string of the molecule is CCS(=O)(=O)Nc1ccc(-c2n[nH]c(CCc3ccccc3)n2)cc1. The zero-order valence-corrected chi connectivity index (χ0v) is 14.8. The van der Waals surface area contributed by atoms with E-state index < -0.39 is 10.0 Å². The molecule has 6 nitrogen and oxygen atoms in total. The molecule has 0 radical (unpaired) electrons. The van der Waals surface area contributed by atoms with Crippen LogP contribution in [0.3, 0.4) is 0 Å². The van der Waals surface area contributed by atoms with Crippen LogP contribution in [-0.4, -0.2) is 29.4 Å². The summed E-state index contributed by atoms with van der Waals surface area (Å²) in [6.45, 7) is 1.60. The molecule has 0 saturated carbocycles. The van der Waals surface area contributed by atoms with Gasteiger partial charge >= 0.3 is 0 Å². The topological polar surface area (TPSA) is 87.7 Å². The summed E-state index contributed by atoms with van der Waals surface area (Å²) < 4.78 is 25.7. The number of H-pyrrole nitrogens is 1. The third-order valence-electron chi connectivity index (χ3n) is 3.82. The Morgan fingerprint density at radius 1 is 1.00 bits per heavy atom. The van der Waals surface area contributed by atoms with E-state index in [-0.39, 0.29) is 5.75 Å². The van der Waals surface area contributed by atoms with Gasteiger partial charge in [-0.05, 0) is 43.2 Å². The highest BCUT2D eigenvalue weighted by Gasteiger charge is 2.09. The summed E-state index contributed by atoms with van der Waals surface area (Å²) in [6.07, 6.45) is 1.68. The Hall–Kier alpha value is -2.67. The third-order valence-corrected chi connectivity index (χ3v) is 5.13. The number of aryl methyl sites for hydroxylation is 2. The van der Waals surface area contributed by atoms with E-state index in [1.165, 1.54) is 5.56 Å². The molecule has 1 heterocycles. The number of rotatable bonds is 7. The molecule has 2 aromatic carbocycles. The van der Waals surface area contributed by atoms with E-state index in [0.29, 0.717) is 11.5 Å². The van der Waals surface area contributed by atoms with E-state index in [1.807, 2.05) is 18.2 Å². The summed E-state index contributed by atoms with van der Waals surface area (Å²) >= 11 is 0. The molecule has 0 amide bonds. The molecule has 1 aromatic heterocycles. The summed E-state index contributed by atoms with van der Waals surface area (Å²) in [5.74, 6) is 1.48. The molecular formula is C18H20N4O2S. The van der Waals surface area contributed by atoms with Crippen molar-refractivity contribution in [1.29, 1.82) is 0 Å². The minimum absolute atomic E-state index is 0.0421. The highest BCUT2D eigenvalue weighted by atomic mass is 32.2. The van der Waals surface area contributed by atoms with Gasteiger partial charge in [-0.15, -0.1) is 0 Å². The van der Waals surface area contributed by atoms with Gasteiger partial charge in [0.1, 0.15) is 5.82 Å². The maximum Gasteiger partial charge on any atom is 0.232 e. The first kappa shape index (κ1) is 17.2. The number of sulfonamides is 1. The molecule has 0 aliphatic rings. The maximum atomic E-state index is 11.6. The average Bonchev–Trinajstić information content (AvgIpc) is 3.10. The second kappa shape index (κ2) is 7.48. The monoisotopic (exact) mass is 356 g/mol. The molecule has 0 aliphatic heterocycles. The highest BCUT2D eigenvalue weighted by Crippen LogP contribution is 2.19. The first-order valence-corrected chi connectivity index (χ1v) is 9.77. The van der Waals surface area contributed by atoms with Crippen LogP contribution in [0.1, 0.15) is 18.3 Å². The maximum absolute atomic E-state index is 11.6. The van der Waals surface area contributed by atoms with Gasteiger partial charge in [0, 0.05) is 17.7 Å². The first-order valence-electron chi connectivity index (χ1n) is 8.12. The van der Waals surface area contributed by atoms with Crippen molar-refractivity contribution in [3.63, 3.8) is 0 Å². The van der Waals surface area contributed by atoms with Crippen LogP contribution in [0.4, 0.5) is 5.69 Å². The van der Waals surface area contributed by atoms with Crippen LogP contribution in [0.5, 0.6) is 0 Å². The fourth-order valence-corrected chi connectivity index (χ4v) is 3.02. The normalized spacial score (nSPS) is 11.4. The lowest BCUT2D eigenvalue weighted by Gasteiger charge is -2.05. The molecule has 0 bridgehead atoms. The molecule has 0 unspecified atom stereocenters. The second-order valence-corrected chi connectivity index (χ2v) is 7.69. The van der Waals surface area contributed by atoms with E-state index in [1.54, 1.807) is 31.2 Å². The lowest BCUT2D eigenvalue weighted by molar-refractivity contribution is 0.602. The fraction of sp³-hybridized carbons (Fsp3) is 0.222. The second-order valence-electron chi connectivity index (χ2n) is 5.67. The van der Waals surface area contributed by atoms with Crippen LogP contribution in [0, 0.1) is 0 Å². The quantitative estimate of drug-likeness (QED) is 0.681. The van der Waals surface area contributed by atoms with Crippen molar-refractivity contribution in [2.75, 3.05) is 10.5 Å². The first-order chi connectivity index (χ1) is 12.1. The van der Waals surface area contributed by atoms with Gasteiger partial charge in [0.25, 0.3) is 0 Å². The number of aromatic nitrogens is 3. The minimum atomic E-state index is -3.27. The zero-order valence-electron chi connectivity index (χ0n) is 13.9. The lowest BCUT2D eigenvalue weighted by atomic mass is 10.1. The molecule has 0 atom stereocenters. The molecule has 0 spiro atoms. The minimum Gasteiger partial charge on any atom is -0.284 e. The fourth-order valence-electron chi connectivity index (χ4n) is 2.38. The summed E-state index contributed by atoms with van der Waals surface area (Å²) in [7, 11) is -3.27. The molecule has 130 valence electrons. The summed E-state index contributed by atoms with van der Waals surface area (Å²) in [5, 5.41) is 7.21. The Morgan fingerprint density at radius 3 is 2.40 bits per heavy atom. The molecular weight excluding hydrogens is 336 g/mol. The third kappa shape index (κ3) is 4.67. The molecule has 3 rings (SSSR count). The van der Waals surface area contributed by atoms with Crippen LogP contribution in [-0.2, 0) is 22.9 Å². The molecule has 0 aliphatic carbocycles. The molecule has 3 aromatic rings. The van der Waals surface area contributed by atoms with E-state index in [2.05, 4.69) is 32.0 Å². The summed E-state index contributed by atoms with van der Waals surface area (Å²) in [5.41, 5.74) is 2.63. The van der Waals surface area contributed by atoms with E-state index in [0.717, 1.165) is 24.2 Å². The molecule has 0 fully saturated rings. The Bertz CT molecular complexity index is 919. The standard InChI is InChI=1S/C18H20N4O2S/c1-2-25(23,24)22-16-11-9-15(10-12-16)18-19-17(20-21-18)13-8-14-6-4-3-5-7-14/h3-7,9-12,22H,2,8,13H2,1H3,(H,19,20,21). The Morgan fingerprint density at radius 2 is 1.72 bits per heavy atom. The van der Waals surface area contributed by atoms with Crippen LogP contribution >= 0.6 is 0 Å². The predicted octanol–water partition coefficient (Wildman–Crippen LogP) is 3.02. The zero-order chi connectivity index (χ0) is 17.7. The van der Waals surface area contributed by atoms with Crippen molar-refractivity contribution >= 4 is 15.7 Å². The number of benzene rings is 2. The van der Waals surface area contributed by atoms with Gasteiger partial charge < -0.3 is 0 Å². The number of nitrogens with one attached hydrogen (secondary N) is 2. The van der Waals surface area contributed by atoms with Gasteiger partial charge in [-0.3, -0.25) is 9.82 Å². The van der Waals surface area contributed by atoms with Crippen molar-refractivity contribution < 1.29 is 8.42 Å². The van der Waals surface area contributed by atoms with E-state index in [4.69, 9.17) is 0 Å². The van der Waals surface area contributed by atoms with Crippen LogP contribution in [0.2, 0.25) is 0 Å². The summed E-state index contributed by atoms with van der Waals surface area (Å²) in [6, 6.07) is 17.3. The number of hydrogen-bond acceptors (Lipinski definition) is 4. The van der Waals surface area contributed by atoms with Gasteiger partial charge in [0.15, 0.2) is 5.82 Å². The van der Waals surface area contributed by atoms with Gasteiger partial charge in [0.05, 0.1) is 5.75 Å². The van der Waals surface area contributed by atoms with Crippen molar-refractivity contribution in [3.8, 4) is 11.4 Å². The smallest absolute Gasteiger partial charge is 0.232 e. The lowest BCUT2D eigenvalue weighted by Crippen LogP contribution is -2.14. The molecule has 7 heteroatoms. The van der Waals surface area contributed by atoms with Crippen molar-refractivity contribution in [2.24, 2.45) is 0 Å². The molecule has 25 heavy (non-hydrogen) atoms. The van der Waals surface area contributed by atoms with E-state index >= 15 is 0 Å². The van der Waals surface area contributed by atoms with Crippen molar-refractivity contribution in [3.05, 3.63) is 66.0 Å². The van der Waals surface area contributed by atoms with E-state index in [9.17, 15) is 8.42 Å². The van der Waals surface area contributed by atoms with Gasteiger partial charge in [-0.2, -0.15) is 5.10 Å². The van der Waals surface area contributed by atoms with Gasteiger partial charge in [-0.1, -0.05) is 30.3 Å². The Labute approximate surface area is 147 Å². The van der Waals surface area contributed by atoms with Crippen LogP contribution in [0.15, 0.2) is 54.6 Å². The average molecular weight is 356 g/mol. The highest BCUT2D eigenvalue weighted by molar-refractivity contribution is 7.92. The number of nitrogens with zero attached hydrogens (tertiary/aromatic N) is 2. The number of hydrogen-bond donors (Lipinski definition) is 2. The Kier molecular flexibility index (Phi) is 5.14. The Balaban J connectivity index is 1.65. The van der Waals surface area contributed by atoms with Crippen LogP contribution in [0.25, 0.3) is 11.4 Å². The predicted molar refractivity (Wildman–Crippen MR) is 98.8 cm³/mol.